The van der Waals surface area contributed by atoms with E-state index in [-0.39, 0.29) is 0 Å². The molecule has 0 spiro atoms. The molecule has 1 saturated heterocycles. The molecule has 2 fully saturated rings. The first-order chi connectivity index (χ1) is 8.22. The summed E-state index contributed by atoms with van der Waals surface area (Å²) in [5.74, 6) is 0. The van der Waals surface area contributed by atoms with Gasteiger partial charge in [-0.05, 0) is 59.4 Å². The van der Waals surface area contributed by atoms with Gasteiger partial charge in [0, 0.05) is 18.1 Å². The average Bonchev–Trinajstić information content (AvgIpc) is 2.78. The monoisotopic (exact) mass is 239 g/mol. The largest absolute Gasteiger partial charge is 0.313 e. The second-order valence-corrected chi connectivity index (χ2v) is 5.86. The summed E-state index contributed by atoms with van der Waals surface area (Å²) in [6.45, 7) is 5.88. The molecule has 0 aromatic carbocycles. The van der Waals surface area contributed by atoms with Crippen LogP contribution in [0, 0.1) is 0 Å². The van der Waals surface area contributed by atoms with Gasteiger partial charge in [-0.3, -0.25) is 4.90 Å². The van der Waals surface area contributed by atoms with Crippen molar-refractivity contribution in [2.75, 3.05) is 33.7 Å². The van der Waals surface area contributed by atoms with E-state index in [1.165, 1.54) is 45.2 Å². The fourth-order valence-electron chi connectivity index (χ4n) is 3.60. The molecule has 2 atom stereocenters. The van der Waals surface area contributed by atoms with Crippen molar-refractivity contribution in [1.82, 2.24) is 15.1 Å². The molecule has 2 rings (SSSR count). The molecule has 1 aliphatic heterocycles. The Balaban J connectivity index is 1.87. The number of likely N-dealkylation sites (N-methyl/N-ethyl adjacent to an activating group) is 2. The van der Waals surface area contributed by atoms with Gasteiger partial charge in [0.15, 0.2) is 0 Å². The van der Waals surface area contributed by atoms with Gasteiger partial charge in [0.2, 0.25) is 0 Å². The topological polar surface area (TPSA) is 18.5 Å². The molecule has 0 bridgehead atoms. The van der Waals surface area contributed by atoms with Gasteiger partial charge in [0.05, 0.1) is 0 Å². The summed E-state index contributed by atoms with van der Waals surface area (Å²) < 4.78 is 0. The maximum absolute atomic E-state index is 3.67. The zero-order chi connectivity index (χ0) is 12.3. The molecule has 0 radical (unpaired) electrons. The van der Waals surface area contributed by atoms with Crippen LogP contribution in [-0.4, -0.2) is 61.7 Å². The average molecular weight is 239 g/mol. The predicted molar refractivity (Wildman–Crippen MR) is 73.4 cm³/mol. The molecule has 0 aromatic rings. The molecular formula is C14H29N3. The predicted octanol–water partition coefficient (Wildman–Crippen LogP) is 1.54. The van der Waals surface area contributed by atoms with Gasteiger partial charge in [-0.1, -0.05) is 13.3 Å². The fraction of sp³-hybridized carbons (Fsp3) is 1.00. The lowest BCUT2D eigenvalue weighted by molar-refractivity contribution is 0.0969. The number of likely N-dealkylation sites (tertiary alicyclic amines) is 1. The summed E-state index contributed by atoms with van der Waals surface area (Å²) in [5, 5.41) is 3.67. The van der Waals surface area contributed by atoms with Gasteiger partial charge in [0.25, 0.3) is 0 Å². The van der Waals surface area contributed by atoms with Crippen molar-refractivity contribution in [2.45, 2.75) is 57.2 Å². The number of piperidine rings is 1. The highest BCUT2D eigenvalue weighted by molar-refractivity contribution is 4.92. The zero-order valence-corrected chi connectivity index (χ0v) is 11.8. The molecule has 17 heavy (non-hydrogen) atoms. The number of hydrogen-bond acceptors (Lipinski definition) is 3. The molecule has 1 saturated carbocycles. The Hall–Kier alpha value is -0.120. The minimum Gasteiger partial charge on any atom is -0.313 e. The molecule has 1 heterocycles. The van der Waals surface area contributed by atoms with Crippen molar-refractivity contribution in [3.05, 3.63) is 0 Å². The molecule has 0 aromatic heterocycles. The summed E-state index contributed by atoms with van der Waals surface area (Å²) in [6.07, 6.45) is 6.86. The van der Waals surface area contributed by atoms with Crippen LogP contribution in [0.15, 0.2) is 0 Å². The molecule has 3 heteroatoms. The first-order valence-electron chi connectivity index (χ1n) is 7.36. The van der Waals surface area contributed by atoms with E-state index in [1.807, 2.05) is 0 Å². The van der Waals surface area contributed by atoms with E-state index in [4.69, 9.17) is 0 Å². The SMILES string of the molecule is CCNC1CCCC1N(C)C1CCN(C)CC1. The molecule has 0 amide bonds. The second-order valence-electron chi connectivity index (χ2n) is 5.86. The van der Waals surface area contributed by atoms with Crippen molar-refractivity contribution in [3.8, 4) is 0 Å². The Kier molecular flexibility index (Phi) is 4.83. The van der Waals surface area contributed by atoms with E-state index in [1.54, 1.807) is 0 Å². The quantitative estimate of drug-likeness (QED) is 0.803. The first kappa shape index (κ1) is 13.3. The smallest absolute Gasteiger partial charge is 0.0249 e. The normalized spacial score (nSPS) is 32.5. The van der Waals surface area contributed by atoms with E-state index < -0.39 is 0 Å². The highest BCUT2D eigenvalue weighted by Gasteiger charge is 2.33. The maximum Gasteiger partial charge on any atom is 0.0249 e. The number of hydrogen-bond donors (Lipinski definition) is 1. The van der Waals surface area contributed by atoms with Crippen molar-refractivity contribution in [2.24, 2.45) is 0 Å². The van der Waals surface area contributed by atoms with Crippen LogP contribution in [-0.2, 0) is 0 Å². The molecule has 3 nitrogen and oxygen atoms in total. The van der Waals surface area contributed by atoms with Crippen LogP contribution in [0.4, 0.5) is 0 Å². The van der Waals surface area contributed by atoms with Crippen LogP contribution in [0.2, 0.25) is 0 Å². The third-order valence-electron chi connectivity index (χ3n) is 4.73. The van der Waals surface area contributed by atoms with E-state index in [9.17, 15) is 0 Å². The van der Waals surface area contributed by atoms with E-state index in [0.717, 1.165) is 24.7 Å². The minimum atomic E-state index is 0.740. The van der Waals surface area contributed by atoms with Crippen LogP contribution in [0.1, 0.15) is 39.0 Å². The summed E-state index contributed by atoms with van der Waals surface area (Å²) in [7, 11) is 4.60. The third kappa shape index (κ3) is 3.21. The fourth-order valence-corrected chi connectivity index (χ4v) is 3.60. The van der Waals surface area contributed by atoms with Gasteiger partial charge < -0.3 is 10.2 Å². The van der Waals surface area contributed by atoms with Gasteiger partial charge >= 0.3 is 0 Å². The second kappa shape index (κ2) is 6.17. The number of rotatable bonds is 4. The molecule has 2 aliphatic rings. The number of nitrogens with zero attached hydrogens (tertiary/aromatic N) is 2. The molecule has 100 valence electrons. The van der Waals surface area contributed by atoms with Crippen LogP contribution >= 0.6 is 0 Å². The van der Waals surface area contributed by atoms with E-state index >= 15 is 0 Å². The standard InChI is InChI=1S/C14H29N3/c1-4-15-13-6-5-7-14(13)17(3)12-8-10-16(2)11-9-12/h12-15H,4-11H2,1-3H3. The van der Waals surface area contributed by atoms with E-state index in [0.29, 0.717) is 0 Å². The van der Waals surface area contributed by atoms with Gasteiger partial charge in [-0.2, -0.15) is 0 Å². The van der Waals surface area contributed by atoms with Crippen molar-refractivity contribution >= 4 is 0 Å². The van der Waals surface area contributed by atoms with Crippen molar-refractivity contribution in [3.63, 3.8) is 0 Å². The highest BCUT2D eigenvalue weighted by atomic mass is 15.2. The maximum atomic E-state index is 3.67. The van der Waals surface area contributed by atoms with Crippen LogP contribution in [0.5, 0.6) is 0 Å². The van der Waals surface area contributed by atoms with Gasteiger partial charge in [-0.25, -0.2) is 0 Å². The highest BCUT2D eigenvalue weighted by Crippen LogP contribution is 2.27. The summed E-state index contributed by atoms with van der Waals surface area (Å²) >= 11 is 0. The van der Waals surface area contributed by atoms with Crippen LogP contribution < -0.4 is 5.32 Å². The van der Waals surface area contributed by atoms with Crippen LogP contribution in [0.3, 0.4) is 0 Å². The lowest BCUT2D eigenvalue weighted by Gasteiger charge is -2.40. The van der Waals surface area contributed by atoms with Crippen molar-refractivity contribution in [1.29, 1.82) is 0 Å². The molecule has 1 aliphatic carbocycles. The lowest BCUT2D eigenvalue weighted by Crippen LogP contribution is -2.51. The summed E-state index contributed by atoms with van der Waals surface area (Å²) in [4.78, 5) is 5.15. The summed E-state index contributed by atoms with van der Waals surface area (Å²) in [6, 6.07) is 2.34. The van der Waals surface area contributed by atoms with Gasteiger partial charge in [-0.15, -0.1) is 0 Å². The molecule has 2 unspecified atom stereocenters. The minimum absolute atomic E-state index is 0.740. The molecular weight excluding hydrogens is 210 g/mol. The van der Waals surface area contributed by atoms with Crippen molar-refractivity contribution < 1.29 is 0 Å². The Morgan fingerprint density at radius 1 is 1.18 bits per heavy atom. The zero-order valence-electron chi connectivity index (χ0n) is 11.8. The third-order valence-corrected chi connectivity index (χ3v) is 4.73. The van der Waals surface area contributed by atoms with Crippen LogP contribution in [0.25, 0.3) is 0 Å². The lowest BCUT2D eigenvalue weighted by atomic mass is 10.0. The van der Waals surface area contributed by atoms with E-state index in [2.05, 4.69) is 36.1 Å². The Labute approximate surface area is 107 Å². The first-order valence-corrected chi connectivity index (χ1v) is 7.36. The Morgan fingerprint density at radius 2 is 1.88 bits per heavy atom. The Bertz CT molecular complexity index is 224. The van der Waals surface area contributed by atoms with Gasteiger partial charge in [0.1, 0.15) is 0 Å². The Morgan fingerprint density at radius 3 is 2.53 bits per heavy atom. The molecule has 1 N–H and O–H groups in total. The number of nitrogens with one attached hydrogen (secondary N) is 1. The summed E-state index contributed by atoms with van der Waals surface area (Å²) in [5.41, 5.74) is 0.